The fourth-order valence-corrected chi connectivity index (χ4v) is 1.13. The normalized spacial score (nSPS) is 10.7. The first-order valence-corrected chi connectivity index (χ1v) is 5.61. The van der Waals surface area contributed by atoms with Crippen LogP contribution < -0.4 is 0 Å². The minimum Gasteiger partial charge on any atom is -0.0840 e. The van der Waals surface area contributed by atoms with E-state index in [9.17, 15) is 0 Å². The molecule has 0 unspecified atom stereocenters. The highest BCUT2D eigenvalue weighted by Gasteiger charge is 2.07. The zero-order valence-corrected chi connectivity index (χ0v) is 10.5. The quantitative estimate of drug-likeness (QED) is 0.571. The third kappa shape index (κ3) is 5.88. The van der Waals surface area contributed by atoms with Gasteiger partial charge in [-0.2, -0.15) is 0 Å². The highest BCUT2D eigenvalue weighted by atomic mass is 35.6. The molecule has 0 atom stereocenters. The lowest BCUT2D eigenvalue weighted by atomic mass is 10.1. The summed E-state index contributed by atoms with van der Waals surface area (Å²) in [6.45, 7) is 1.48. The van der Waals surface area contributed by atoms with Gasteiger partial charge in [-0.05, 0) is 17.7 Å². The Hall–Kier alpha value is -0.430. The highest BCUT2D eigenvalue weighted by Crippen LogP contribution is 2.23. The fourth-order valence-electron chi connectivity index (χ4n) is 1.13. The molecule has 2 rings (SSSR count). The molecule has 0 bridgehead atoms. The van der Waals surface area contributed by atoms with Crippen molar-refractivity contribution in [2.45, 2.75) is 10.7 Å². The van der Waals surface area contributed by atoms with Crippen molar-refractivity contribution >= 4 is 45.6 Å². The number of hydrogen-bond donors (Lipinski definition) is 0. The molecule has 2 aromatic rings. The van der Waals surface area contributed by atoms with Crippen molar-refractivity contribution in [2.75, 3.05) is 0 Å². The van der Waals surface area contributed by atoms with Crippen molar-refractivity contribution in [3.63, 3.8) is 0 Å². The Kier molecular flexibility index (Phi) is 4.72. The van der Waals surface area contributed by atoms with Crippen LogP contribution in [0.15, 0.2) is 48.5 Å². The van der Waals surface area contributed by atoms with Gasteiger partial charge in [-0.15, -0.1) is 0 Å². The summed E-state index contributed by atoms with van der Waals surface area (Å²) in [5.41, 5.74) is 0. The minimum atomic E-state index is -1.08. The number of hydrogen-bond acceptors (Lipinski definition) is 0. The van der Waals surface area contributed by atoms with Crippen LogP contribution in [0.5, 0.6) is 0 Å². The minimum absolute atomic E-state index is 1.08. The Morgan fingerprint density at radius 3 is 1.13 bits per heavy atom. The molecule has 0 nitrogen and oxygen atoms in total. The molecule has 0 fully saturated rings. The zero-order chi connectivity index (χ0) is 11.3. The molecule has 0 aliphatic heterocycles. The van der Waals surface area contributed by atoms with Gasteiger partial charge in [-0.1, -0.05) is 83.3 Å². The van der Waals surface area contributed by atoms with E-state index in [1.54, 1.807) is 0 Å². The Bertz CT molecular complexity index is 347. The summed E-state index contributed by atoms with van der Waals surface area (Å²) >= 11 is 15.2. The van der Waals surface area contributed by atoms with E-state index in [0.717, 1.165) is 0 Å². The Balaban J connectivity index is 0.000000195. The molecule has 0 radical (unpaired) electrons. The van der Waals surface area contributed by atoms with E-state index in [2.05, 4.69) is 48.5 Å². The second-order valence-corrected chi connectivity index (χ2v) is 5.98. The molecule has 0 aromatic heterocycles. The van der Waals surface area contributed by atoms with Crippen LogP contribution in [0.25, 0.3) is 10.8 Å². The van der Waals surface area contributed by atoms with Gasteiger partial charge < -0.3 is 0 Å². The summed E-state index contributed by atoms with van der Waals surface area (Å²) in [4.78, 5) is 0. The van der Waals surface area contributed by atoms with Crippen LogP contribution in [0.2, 0.25) is 0 Å². The predicted octanol–water partition coefficient (Wildman–Crippen LogP) is 5.22. The molecule has 0 amide bonds. The molecule has 0 saturated carbocycles. The van der Waals surface area contributed by atoms with Crippen LogP contribution >= 0.6 is 34.8 Å². The maximum absolute atomic E-state index is 5.06. The Morgan fingerprint density at radius 2 is 0.933 bits per heavy atom. The van der Waals surface area contributed by atoms with Crippen LogP contribution in [0.4, 0.5) is 0 Å². The maximum Gasteiger partial charge on any atom is 0.187 e. The second kappa shape index (κ2) is 5.60. The average Bonchev–Trinajstić information content (AvgIpc) is 2.16. The van der Waals surface area contributed by atoms with Crippen LogP contribution in [-0.4, -0.2) is 3.79 Å². The van der Waals surface area contributed by atoms with E-state index < -0.39 is 3.79 Å². The average molecular weight is 262 g/mol. The highest BCUT2D eigenvalue weighted by molar-refractivity contribution is 6.67. The van der Waals surface area contributed by atoms with Crippen molar-refractivity contribution in [1.82, 2.24) is 0 Å². The van der Waals surface area contributed by atoms with E-state index in [1.165, 1.54) is 17.7 Å². The lowest BCUT2D eigenvalue weighted by Gasteiger charge is -1.94. The van der Waals surface area contributed by atoms with E-state index in [-0.39, 0.29) is 0 Å². The predicted molar refractivity (Wildman–Crippen MR) is 69.9 cm³/mol. The van der Waals surface area contributed by atoms with Crippen molar-refractivity contribution in [3.05, 3.63) is 48.5 Å². The zero-order valence-electron chi connectivity index (χ0n) is 8.25. The number of benzene rings is 2. The van der Waals surface area contributed by atoms with Gasteiger partial charge in [0, 0.05) is 0 Å². The van der Waals surface area contributed by atoms with Gasteiger partial charge in [0.1, 0.15) is 0 Å². The number of rotatable bonds is 0. The SMILES string of the molecule is CC(Cl)(Cl)Cl.c1ccc2ccccc2c1. The van der Waals surface area contributed by atoms with Crippen LogP contribution in [0.3, 0.4) is 0 Å². The Labute approximate surface area is 105 Å². The van der Waals surface area contributed by atoms with Crippen molar-refractivity contribution < 1.29 is 0 Å². The molecule has 80 valence electrons. The summed E-state index contributed by atoms with van der Waals surface area (Å²) in [6.07, 6.45) is 0. The number of alkyl halides is 3. The summed E-state index contributed by atoms with van der Waals surface area (Å²) in [6, 6.07) is 16.7. The lowest BCUT2D eigenvalue weighted by molar-refractivity contribution is 1.27. The third-order valence-corrected chi connectivity index (χ3v) is 1.66. The van der Waals surface area contributed by atoms with Crippen molar-refractivity contribution in [3.8, 4) is 0 Å². The maximum atomic E-state index is 5.06. The molecule has 0 aliphatic rings. The lowest BCUT2D eigenvalue weighted by Crippen LogP contribution is -1.87. The van der Waals surface area contributed by atoms with Crippen LogP contribution in [-0.2, 0) is 0 Å². The first-order chi connectivity index (χ1) is 6.97. The van der Waals surface area contributed by atoms with Gasteiger partial charge in [0.15, 0.2) is 3.79 Å². The van der Waals surface area contributed by atoms with E-state index in [1.807, 2.05) is 0 Å². The third-order valence-electron chi connectivity index (χ3n) is 1.66. The van der Waals surface area contributed by atoms with Gasteiger partial charge in [-0.3, -0.25) is 0 Å². The molecule has 3 heteroatoms. The van der Waals surface area contributed by atoms with E-state index in [4.69, 9.17) is 34.8 Å². The smallest absolute Gasteiger partial charge is 0.0840 e. The van der Waals surface area contributed by atoms with Crippen LogP contribution in [0, 0.1) is 0 Å². The number of fused-ring (bicyclic) bond motifs is 1. The van der Waals surface area contributed by atoms with Crippen LogP contribution in [0.1, 0.15) is 6.92 Å². The molecular weight excluding hydrogens is 250 g/mol. The van der Waals surface area contributed by atoms with Gasteiger partial charge in [-0.25, -0.2) is 0 Å². The monoisotopic (exact) mass is 260 g/mol. The molecule has 0 heterocycles. The van der Waals surface area contributed by atoms with E-state index >= 15 is 0 Å². The molecule has 0 aliphatic carbocycles. The van der Waals surface area contributed by atoms with Gasteiger partial charge in [0.2, 0.25) is 0 Å². The second-order valence-electron chi connectivity index (χ2n) is 3.13. The molecule has 15 heavy (non-hydrogen) atoms. The first-order valence-electron chi connectivity index (χ1n) is 4.47. The Morgan fingerprint density at radius 1 is 0.733 bits per heavy atom. The number of halogens is 3. The van der Waals surface area contributed by atoms with Crippen molar-refractivity contribution in [1.29, 1.82) is 0 Å². The standard InChI is InChI=1S/C10H8.C2H3Cl3/c1-2-6-10-8-4-3-7-9(10)5-1;1-2(3,4)5/h1-8H;1H3. The van der Waals surface area contributed by atoms with Gasteiger partial charge >= 0.3 is 0 Å². The van der Waals surface area contributed by atoms with Gasteiger partial charge in [0.05, 0.1) is 0 Å². The summed E-state index contributed by atoms with van der Waals surface area (Å²) < 4.78 is -1.08. The fraction of sp³-hybridized carbons (Fsp3) is 0.167. The topological polar surface area (TPSA) is 0 Å². The first kappa shape index (κ1) is 12.6. The van der Waals surface area contributed by atoms with E-state index in [0.29, 0.717) is 0 Å². The summed E-state index contributed by atoms with van der Waals surface area (Å²) in [7, 11) is 0. The molecule has 0 saturated heterocycles. The van der Waals surface area contributed by atoms with Crippen molar-refractivity contribution in [2.24, 2.45) is 0 Å². The molecule has 0 spiro atoms. The summed E-state index contributed by atoms with van der Waals surface area (Å²) in [5.74, 6) is 0. The largest absolute Gasteiger partial charge is 0.187 e. The summed E-state index contributed by atoms with van der Waals surface area (Å²) in [5, 5.41) is 2.62. The molecule has 0 N–H and O–H groups in total. The molecular formula is C12H11Cl3. The van der Waals surface area contributed by atoms with Gasteiger partial charge in [0.25, 0.3) is 0 Å². The molecule has 2 aromatic carbocycles.